The van der Waals surface area contributed by atoms with Gasteiger partial charge in [0.15, 0.2) is 11.5 Å². The first-order valence-electron chi connectivity index (χ1n) is 14.2. The van der Waals surface area contributed by atoms with Gasteiger partial charge < -0.3 is 32.4 Å². The molecule has 4 aromatic carbocycles. The molecule has 8 N–H and O–H groups in total. The highest BCUT2D eigenvalue weighted by atomic mass is 16.5. The summed E-state index contributed by atoms with van der Waals surface area (Å²) in [6, 6.07) is 28.4. The first-order chi connectivity index (χ1) is 19.3. The van der Waals surface area contributed by atoms with E-state index in [2.05, 4.69) is 48.5 Å². The third-order valence-electron chi connectivity index (χ3n) is 9.65. The molecule has 0 saturated heterocycles. The van der Waals surface area contributed by atoms with Crippen LogP contribution in [0.4, 0.5) is 22.7 Å². The predicted molar refractivity (Wildman–Crippen MR) is 162 cm³/mol. The van der Waals surface area contributed by atoms with Crippen molar-refractivity contribution in [3.63, 3.8) is 0 Å². The summed E-state index contributed by atoms with van der Waals surface area (Å²) in [6.07, 6.45) is 7.60. The summed E-state index contributed by atoms with van der Waals surface area (Å²) in [6.45, 7) is 0. The van der Waals surface area contributed by atoms with Crippen molar-refractivity contribution in [3.8, 4) is 23.0 Å². The number of ether oxygens (including phenoxy) is 2. The Kier molecular flexibility index (Phi) is 5.63. The highest BCUT2D eigenvalue weighted by Gasteiger charge is 2.58. The van der Waals surface area contributed by atoms with Crippen molar-refractivity contribution in [2.24, 2.45) is 11.8 Å². The van der Waals surface area contributed by atoms with Crippen LogP contribution >= 0.6 is 0 Å². The summed E-state index contributed by atoms with van der Waals surface area (Å²) >= 11 is 0. The molecule has 4 aliphatic carbocycles. The zero-order valence-corrected chi connectivity index (χ0v) is 22.6. The Bertz CT molecular complexity index is 1440. The fraction of sp³-hybridized carbons (Fsp3) is 0.294. The Morgan fingerprint density at radius 3 is 1.32 bits per heavy atom. The molecule has 0 radical (unpaired) electrons. The van der Waals surface area contributed by atoms with Crippen LogP contribution in [0.2, 0.25) is 0 Å². The third kappa shape index (κ3) is 4.10. The van der Waals surface area contributed by atoms with E-state index in [9.17, 15) is 0 Å². The van der Waals surface area contributed by atoms with Gasteiger partial charge in [0.05, 0.1) is 22.7 Å². The Morgan fingerprint density at radius 1 is 0.525 bits per heavy atom. The van der Waals surface area contributed by atoms with Gasteiger partial charge in [0.2, 0.25) is 0 Å². The maximum absolute atomic E-state index is 6.12. The molecule has 0 heterocycles. The summed E-state index contributed by atoms with van der Waals surface area (Å²) in [4.78, 5) is 0. The van der Waals surface area contributed by atoms with E-state index in [1.54, 1.807) is 12.1 Å². The first-order valence-corrected chi connectivity index (χ1v) is 14.2. The lowest BCUT2D eigenvalue weighted by molar-refractivity contribution is -0.0281. The first kappa shape index (κ1) is 24.7. The van der Waals surface area contributed by atoms with Gasteiger partial charge in [0.25, 0.3) is 0 Å². The fourth-order valence-corrected chi connectivity index (χ4v) is 8.25. The molecular weight excluding hydrogens is 496 g/mol. The Morgan fingerprint density at radius 2 is 0.925 bits per heavy atom. The lowest BCUT2D eigenvalue weighted by atomic mass is 9.42. The maximum Gasteiger partial charge on any atom is 0.152 e. The van der Waals surface area contributed by atoms with E-state index in [4.69, 9.17) is 32.4 Å². The normalized spacial score (nSPS) is 26.5. The largest absolute Gasteiger partial charge is 0.455 e. The number of nitrogens with two attached hydrogens (primary N) is 4. The Balaban J connectivity index is 1.14. The molecule has 4 aromatic rings. The molecular formula is C34H36N4O2. The average Bonchev–Trinajstić information content (AvgIpc) is 2.94. The summed E-state index contributed by atoms with van der Waals surface area (Å²) in [5.41, 5.74) is 29.4. The molecule has 0 unspecified atom stereocenters. The number of benzene rings is 4. The van der Waals surface area contributed by atoms with Crippen LogP contribution in [0.5, 0.6) is 23.0 Å². The van der Waals surface area contributed by atoms with Crippen LogP contribution in [-0.2, 0) is 10.8 Å². The van der Waals surface area contributed by atoms with Crippen LogP contribution in [-0.4, -0.2) is 0 Å². The lowest BCUT2D eigenvalue weighted by Crippen LogP contribution is -2.55. The van der Waals surface area contributed by atoms with Gasteiger partial charge in [-0.1, -0.05) is 36.4 Å². The zero-order chi connectivity index (χ0) is 27.5. The molecule has 4 bridgehead atoms. The van der Waals surface area contributed by atoms with Gasteiger partial charge in [-0.2, -0.15) is 0 Å². The number of hydrogen-bond donors (Lipinski definition) is 4. The summed E-state index contributed by atoms with van der Waals surface area (Å²) in [5.74, 6) is 4.24. The second-order valence-corrected chi connectivity index (χ2v) is 12.3. The van der Waals surface area contributed by atoms with Gasteiger partial charge in [-0.25, -0.2) is 0 Å². The third-order valence-corrected chi connectivity index (χ3v) is 9.65. The lowest BCUT2D eigenvalue weighted by Gasteiger charge is -2.62. The monoisotopic (exact) mass is 532 g/mol. The highest BCUT2D eigenvalue weighted by molar-refractivity contribution is 5.71. The van der Waals surface area contributed by atoms with Crippen molar-refractivity contribution in [1.82, 2.24) is 0 Å². The molecule has 0 amide bonds. The molecule has 4 saturated carbocycles. The van der Waals surface area contributed by atoms with Crippen LogP contribution < -0.4 is 32.4 Å². The van der Waals surface area contributed by atoms with Crippen LogP contribution in [0.25, 0.3) is 0 Å². The summed E-state index contributed by atoms with van der Waals surface area (Å²) < 4.78 is 12.2. The maximum atomic E-state index is 6.12. The van der Waals surface area contributed by atoms with Crippen LogP contribution in [0, 0.1) is 11.8 Å². The molecule has 4 aliphatic rings. The van der Waals surface area contributed by atoms with Gasteiger partial charge in [-0.3, -0.25) is 0 Å². The van der Waals surface area contributed by atoms with Crippen LogP contribution in [0.15, 0.2) is 84.9 Å². The topological polar surface area (TPSA) is 123 Å². The standard InChI is InChI=1S/C34H36N4O2/c35-27-3-1-5-29(31(27)37)39-25-11-7-23(8-12-25)33-16-21-15-22(17-33)19-34(18-21,20-33)24-9-13-26(14-10-24)40-30-6-2-4-28(36)32(30)38/h1-14,21-22H,15-20,35-38H2. The summed E-state index contributed by atoms with van der Waals surface area (Å²) in [5, 5.41) is 0. The van der Waals surface area contributed by atoms with Crippen molar-refractivity contribution in [2.75, 3.05) is 22.9 Å². The Hall–Kier alpha value is -4.32. The van der Waals surface area contributed by atoms with E-state index in [0.29, 0.717) is 34.2 Å². The highest BCUT2D eigenvalue weighted by Crippen LogP contribution is 2.66. The summed E-state index contributed by atoms with van der Waals surface area (Å²) in [7, 11) is 0. The van der Waals surface area contributed by atoms with Gasteiger partial charge in [0.1, 0.15) is 11.5 Å². The van der Waals surface area contributed by atoms with Gasteiger partial charge in [-0.15, -0.1) is 0 Å². The Labute approximate surface area is 235 Å². The number of rotatable bonds is 6. The fourth-order valence-electron chi connectivity index (χ4n) is 8.25. The number of para-hydroxylation sites is 2. The molecule has 0 aliphatic heterocycles. The van der Waals surface area contributed by atoms with E-state index >= 15 is 0 Å². The van der Waals surface area contributed by atoms with Gasteiger partial charge in [0, 0.05) is 0 Å². The second-order valence-electron chi connectivity index (χ2n) is 12.3. The number of anilines is 4. The molecule has 8 rings (SSSR count). The minimum atomic E-state index is 0.198. The van der Waals surface area contributed by atoms with Gasteiger partial charge >= 0.3 is 0 Å². The van der Waals surface area contributed by atoms with E-state index in [0.717, 1.165) is 23.3 Å². The molecule has 6 nitrogen and oxygen atoms in total. The quantitative estimate of drug-likeness (QED) is 0.192. The molecule has 0 atom stereocenters. The second kappa shape index (κ2) is 9.12. The van der Waals surface area contributed by atoms with E-state index in [-0.39, 0.29) is 10.8 Å². The minimum Gasteiger partial charge on any atom is -0.455 e. The van der Waals surface area contributed by atoms with Crippen molar-refractivity contribution in [2.45, 2.75) is 49.4 Å². The molecule has 4 fully saturated rings. The van der Waals surface area contributed by atoms with E-state index in [1.807, 2.05) is 24.3 Å². The number of hydrogen-bond acceptors (Lipinski definition) is 6. The smallest absolute Gasteiger partial charge is 0.152 e. The zero-order valence-electron chi connectivity index (χ0n) is 22.6. The predicted octanol–water partition coefficient (Wildman–Crippen LogP) is 7.39. The van der Waals surface area contributed by atoms with Crippen molar-refractivity contribution < 1.29 is 9.47 Å². The van der Waals surface area contributed by atoms with E-state index < -0.39 is 0 Å². The average molecular weight is 533 g/mol. The molecule has 0 aromatic heterocycles. The van der Waals surface area contributed by atoms with E-state index in [1.165, 1.54) is 49.7 Å². The minimum absolute atomic E-state index is 0.198. The van der Waals surface area contributed by atoms with Gasteiger partial charge in [-0.05, 0) is 121 Å². The van der Waals surface area contributed by atoms with Crippen molar-refractivity contribution >= 4 is 22.7 Å². The molecule has 204 valence electrons. The molecule has 6 heteroatoms. The molecule has 0 spiro atoms. The molecule has 40 heavy (non-hydrogen) atoms. The van der Waals surface area contributed by atoms with Crippen molar-refractivity contribution in [3.05, 3.63) is 96.1 Å². The van der Waals surface area contributed by atoms with Crippen molar-refractivity contribution in [1.29, 1.82) is 0 Å². The van der Waals surface area contributed by atoms with Crippen LogP contribution in [0.3, 0.4) is 0 Å². The van der Waals surface area contributed by atoms with Crippen LogP contribution in [0.1, 0.15) is 49.7 Å². The number of nitrogen functional groups attached to an aromatic ring is 4. The SMILES string of the molecule is Nc1cccc(Oc2ccc(C34CC5CC(C3)CC(c3ccc(Oc6cccc(N)c6N)cc3)(C5)C4)cc2)c1N.